The third-order valence-electron chi connectivity index (χ3n) is 2.76. The average Bonchev–Trinajstić information content (AvgIpc) is 2.33. The van der Waals surface area contributed by atoms with Gasteiger partial charge in [-0.25, -0.2) is 0 Å². The molecule has 1 saturated heterocycles. The van der Waals surface area contributed by atoms with E-state index in [-0.39, 0.29) is 5.75 Å². The first-order valence-corrected chi connectivity index (χ1v) is 5.81. The van der Waals surface area contributed by atoms with Crippen LogP contribution in [0, 0.1) is 0 Å². The molecule has 88 valence electrons. The van der Waals surface area contributed by atoms with Gasteiger partial charge >= 0.3 is 0 Å². The Hall–Kier alpha value is -1.13. The summed E-state index contributed by atoms with van der Waals surface area (Å²) in [5, 5.41) is 12.4. The first-order valence-electron chi connectivity index (χ1n) is 5.81. The predicted molar refractivity (Wildman–Crippen MR) is 61.2 cm³/mol. The highest BCUT2D eigenvalue weighted by Crippen LogP contribution is 2.11. The van der Waals surface area contributed by atoms with Crippen molar-refractivity contribution >= 4 is 0 Å². The lowest BCUT2D eigenvalue weighted by Gasteiger charge is -2.22. The molecule has 2 rings (SSSR count). The molecule has 2 N–H and O–H groups in total. The normalized spacial score (nSPS) is 20.9. The summed E-state index contributed by atoms with van der Waals surface area (Å²) in [5.41, 5.74) is 0.939. The molecule has 4 nitrogen and oxygen atoms in total. The van der Waals surface area contributed by atoms with Crippen molar-refractivity contribution in [3.8, 4) is 5.75 Å². The monoisotopic (exact) mass is 222 g/mol. The minimum atomic E-state index is 0.208. The van der Waals surface area contributed by atoms with E-state index >= 15 is 0 Å². The first-order chi connectivity index (χ1) is 7.84. The maximum Gasteiger partial charge on any atom is 0.133 e. The number of aromatic hydroxyl groups is 1. The Kier molecular flexibility index (Phi) is 4.13. The van der Waals surface area contributed by atoms with Crippen LogP contribution in [0.4, 0.5) is 0 Å². The summed E-state index contributed by atoms with van der Waals surface area (Å²) in [7, 11) is 0. The highest BCUT2D eigenvalue weighted by atomic mass is 16.5. The summed E-state index contributed by atoms with van der Waals surface area (Å²) in [6.07, 6.45) is 5.43. The molecule has 4 heteroatoms. The third-order valence-corrected chi connectivity index (χ3v) is 2.76. The summed E-state index contributed by atoms with van der Waals surface area (Å²) >= 11 is 0. The van der Waals surface area contributed by atoms with Crippen LogP contribution in [0.5, 0.6) is 5.75 Å². The molecule has 1 atom stereocenters. The fourth-order valence-corrected chi connectivity index (χ4v) is 1.85. The molecule has 1 aromatic heterocycles. The van der Waals surface area contributed by atoms with Gasteiger partial charge in [0.05, 0.1) is 18.0 Å². The van der Waals surface area contributed by atoms with Gasteiger partial charge < -0.3 is 15.2 Å². The Morgan fingerprint density at radius 1 is 1.44 bits per heavy atom. The van der Waals surface area contributed by atoms with E-state index in [0.717, 1.165) is 31.8 Å². The van der Waals surface area contributed by atoms with Crippen LogP contribution in [0.1, 0.15) is 25.0 Å². The molecule has 0 spiro atoms. The van der Waals surface area contributed by atoms with Crippen LogP contribution in [0.2, 0.25) is 0 Å². The van der Waals surface area contributed by atoms with Crippen molar-refractivity contribution in [2.75, 3.05) is 13.2 Å². The number of nitrogens with one attached hydrogen (secondary N) is 1. The van der Waals surface area contributed by atoms with Gasteiger partial charge in [-0.3, -0.25) is 4.98 Å². The standard InChI is InChI=1S/C12H18N2O2/c15-11-5-4-10(14-8-11)7-13-9-12-3-1-2-6-16-12/h4-5,8,12-13,15H,1-3,6-7,9H2. The SMILES string of the molecule is Oc1ccc(CNCC2CCCCO2)nc1. The van der Waals surface area contributed by atoms with Crippen LogP contribution < -0.4 is 5.32 Å². The van der Waals surface area contributed by atoms with Crippen molar-refractivity contribution in [3.05, 3.63) is 24.0 Å². The molecule has 0 aliphatic carbocycles. The molecule has 16 heavy (non-hydrogen) atoms. The minimum Gasteiger partial charge on any atom is -0.506 e. The first kappa shape index (κ1) is 11.4. The number of rotatable bonds is 4. The number of pyridine rings is 1. The molecule has 0 radical (unpaired) electrons. The Morgan fingerprint density at radius 3 is 3.06 bits per heavy atom. The number of aromatic nitrogens is 1. The molecule has 0 amide bonds. The maximum atomic E-state index is 9.08. The van der Waals surface area contributed by atoms with Crippen LogP contribution in [-0.4, -0.2) is 29.3 Å². The van der Waals surface area contributed by atoms with Crippen LogP contribution in [0.15, 0.2) is 18.3 Å². The lowest BCUT2D eigenvalue weighted by Crippen LogP contribution is -2.31. The zero-order valence-corrected chi connectivity index (χ0v) is 9.35. The number of nitrogens with zero attached hydrogens (tertiary/aromatic N) is 1. The van der Waals surface area contributed by atoms with Crippen molar-refractivity contribution in [1.29, 1.82) is 0 Å². The Labute approximate surface area is 95.7 Å². The summed E-state index contributed by atoms with van der Waals surface area (Å²) < 4.78 is 5.61. The van der Waals surface area contributed by atoms with E-state index in [0.29, 0.717) is 6.10 Å². The second-order valence-corrected chi connectivity index (χ2v) is 4.13. The smallest absolute Gasteiger partial charge is 0.133 e. The Balaban J connectivity index is 1.69. The van der Waals surface area contributed by atoms with Crippen molar-refractivity contribution in [2.24, 2.45) is 0 Å². The second-order valence-electron chi connectivity index (χ2n) is 4.13. The van der Waals surface area contributed by atoms with Gasteiger partial charge in [0.2, 0.25) is 0 Å². The van der Waals surface area contributed by atoms with Crippen LogP contribution in [0.3, 0.4) is 0 Å². The maximum absolute atomic E-state index is 9.08. The van der Waals surface area contributed by atoms with Crippen LogP contribution in [0.25, 0.3) is 0 Å². The van der Waals surface area contributed by atoms with E-state index in [4.69, 9.17) is 9.84 Å². The summed E-state index contributed by atoms with van der Waals surface area (Å²) in [5.74, 6) is 0.208. The van der Waals surface area contributed by atoms with Gasteiger partial charge in [-0.05, 0) is 31.4 Å². The molecule has 1 aromatic rings. The fraction of sp³-hybridized carbons (Fsp3) is 0.583. The minimum absolute atomic E-state index is 0.208. The molecular weight excluding hydrogens is 204 g/mol. The van der Waals surface area contributed by atoms with E-state index < -0.39 is 0 Å². The third kappa shape index (κ3) is 3.47. The van der Waals surface area contributed by atoms with Gasteiger partial charge in [-0.15, -0.1) is 0 Å². The van der Waals surface area contributed by atoms with Gasteiger partial charge in [-0.1, -0.05) is 0 Å². The quantitative estimate of drug-likeness (QED) is 0.809. The van der Waals surface area contributed by atoms with Crippen molar-refractivity contribution in [1.82, 2.24) is 10.3 Å². The number of hydrogen-bond acceptors (Lipinski definition) is 4. The zero-order valence-electron chi connectivity index (χ0n) is 9.35. The summed E-state index contributed by atoms with van der Waals surface area (Å²) in [6, 6.07) is 3.48. The predicted octanol–water partition coefficient (Wildman–Crippen LogP) is 1.45. The molecule has 0 aromatic carbocycles. The average molecular weight is 222 g/mol. The van der Waals surface area contributed by atoms with Crippen molar-refractivity contribution < 1.29 is 9.84 Å². The number of hydrogen-bond donors (Lipinski definition) is 2. The van der Waals surface area contributed by atoms with Crippen molar-refractivity contribution in [2.45, 2.75) is 31.9 Å². The molecule has 2 heterocycles. The molecule has 1 unspecified atom stereocenters. The Bertz CT molecular complexity index is 307. The van der Waals surface area contributed by atoms with Gasteiger partial charge in [0.15, 0.2) is 0 Å². The largest absolute Gasteiger partial charge is 0.506 e. The molecule has 0 saturated carbocycles. The molecule has 1 aliphatic heterocycles. The summed E-state index contributed by atoms with van der Waals surface area (Å²) in [4.78, 5) is 4.11. The van der Waals surface area contributed by atoms with E-state index in [9.17, 15) is 0 Å². The van der Waals surface area contributed by atoms with E-state index in [1.807, 2.05) is 6.07 Å². The van der Waals surface area contributed by atoms with Gasteiger partial charge in [0.25, 0.3) is 0 Å². The molecule has 1 aliphatic rings. The molecular formula is C12H18N2O2. The van der Waals surface area contributed by atoms with E-state index in [1.165, 1.54) is 19.0 Å². The van der Waals surface area contributed by atoms with Crippen LogP contribution in [-0.2, 0) is 11.3 Å². The van der Waals surface area contributed by atoms with Gasteiger partial charge in [0, 0.05) is 19.7 Å². The number of ether oxygens (including phenoxy) is 1. The second kappa shape index (κ2) is 5.82. The van der Waals surface area contributed by atoms with Gasteiger partial charge in [-0.2, -0.15) is 0 Å². The van der Waals surface area contributed by atoms with E-state index in [1.54, 1.807) is 6.07 Å². The summed E-state index contributed by atoms with van der Waals surface area (Å²) in [6.45, 7) is 2.49. The highest BCUT2D eigenvalue weighted by Gasteiger charge is 2.12. The fourth-order valence-electron chi connectivity index (χ4n) is 1.85. The molecule has 0 bridgehead atoms. The topological polar surface area (TPSA) is 54.4 Å². The van der Waals surface area contributed by atoms with Crippen molar-refractivity contribution in [3.63, 3.8) is 0 Å². The Morgan fingerprint density at radius 2 is 2.38 bits per heavy atom. The van der Waals surface area contributed by atoms with Gasteiger partial charge in [0.1, 0.15) is 5.75 Å². The van der Waals surface area contributed by atoms with Crippen LogP contribution >= 0.6 is 0 Å². The zero-order chi connectivity index (χ0) is 11.2. The highest BCUT2D eigenvalue weighted by molar-refractivity contribution is 5.17. The lowest BCUT2D eigenvalue weighted by molar-refractivity contribution is 0.0167. The lowest BCUT2D eigenvalue weighted by atomic mass is 10.1. The molecule has 1 fully saturated rings. The van der Waals surface area contributed by atoms with E-state index in [2.05, 4.69) is 10.3 Å².